The number of anilines is 1. The largest absolute Gasteiger partial charge is 0.497 e. The maximum absolute atomic E-state index is 9.46. The fraction of sp³-hybridized carbons (Fsp3) is 0.0526. The van der Waals surface area contributed by atoms with Gasteiger partial charge in [0.2, 0.25) is 0 Å². The van der Waals surface area contributed by atoms with Crippen LogP contribution in [-0.2, 0) is 0 Å². The SMILES string of the molecule is COc1cccc(-c2cc(-c3ccccc3Cl)c(C#N)c(N)n2)c1. The minimum absolute atomic E-state index is 0.174. The Hall–Kier alpha value is -3.03. The summed E-state index contributed by atoms with van der Waals surface area (Å²) in [5.41, 5.74) is 9.24. The molecule has 0 aliphatic carbocycles. The molecule has 0 spiro atoms. The van der Waals surface area contributed by atoms with E-state index in [0.717, 1.165) is 16.9 Å². The molecule has 0 amide bonds. The summed E-state index contributed by atoms with van der Waals surface area (Å²) in [5.74, 6) is 0.893. The molecule has 3 rings (SSSR count). The molecular weight excluding hydrogens is 322 g/mol. The molecule has 24 heavy (non-hydrogen) atoms. The number of nitriles is 1. The number of nitrogen functional groups attached to an aromatic ring is 1. The predicted octanol–water partition coefficient (Wildman–Crippen LogP) is 4.53. The Kier molecular flexibility index (Phi) is 4.37. The first-order chi connectivity index (χ1) is 11.6. The van der Waals surface area contributed by atoms with E-state index in [9.17, 15) is 5.26 Å². The monoisotopic (exact) mass is 335 g/mol. The van der Waals surface area contributed by atoms with Gasteiger partial charge >= 0.3 is 0 Å². The molecule has 0 radical (unpaired) electrons. The molecule has 4 nitrogen and oxygen atoms in total. The first kappa shape index (κ1) is 15.9. The second kappa shape index (κ2) is 6.61. The summed E-state index contributed by atoms with van der Waals surface area (Å²) in [5, 5.41) is 10.0. The van der Waals surface area contributed by atoms with Gasteiger partial charge in [-0.05, 0) is 24.3 Å². The van der Waals surface area contributed by atoms with E-state index in [0.29, 0.717) is 21.8 Å². The quantitative estimate of drug-likeness (QED) is 0.763. The zero-order chi connectivity index (χ0) is 17.1. The highest BCUT2D eigenvalue weighted by Gasteiger charge is 2.15. The molecule has 0 unspecified atom stereocenters. The number of nitrogens with two attached hydrogens (primary N) is 1. The molecule has 0 saturated carbocycles. The topological polar surface area (TPSA) is 71.9 Å². The molecular formula is C19H14ClN3O. The molecule has 0 bridgehead atoms. The van der Waals surface area contributed by atoms with Crippen molar-refractivity contribution in [2.75, 3.05) is 12.8 Å². The van der Waals surface area contributed by atoms with Crippen LogP contribution in [0.1, 0.15) is 5.56 Å². The highest BCUT2D eigenvalue weighted by Crippen LogP contribution is 2.35. The standard InChI is InChI=1S/C19H14ClN3O/c1-24-13-6-4-5-12(9-13)18-10-15(16(11-21)19(22)23-18)14-7-2-3-8-17(14)20/h2-10H,1H3,(H2,22,23). The number of benzene rings is 2. The van der Waals surface area contributed by atoms with E-state index in [2.05, 4.69) is 11.1 Å². The third-order valence-electron chi connectivity index (χ3n) is 3.69. The number of nitrogens with zero attached hydrogens (tertiary/aromatic N) is 2. The van der Waals surface area contributed by atoms with Crippen molar-refractivity contribution in [3.05, 3.63) is 65.2 Å². The van der Waals surface area contributed by atoms with Crippen LogP contribution in [0, 0.1) is 11.3 Å². The first-order valence-electron chi connectivity index (χ1n) is 7.24. The van der Waals surface area contributed by atoms with Crippen LogP contribution < -0.4 is 10.5 Å². The van der Waals surface area contributed by atoms with E-state index in [1.807, 2.05) is 48.5 Å². The van der Waals surface area contributed by atoms with Crippen molar-refractivity contribution < 1.29 is 4.74 Å². The van der Waals surface area contributed by atoms with E-state index < -0.39 is 0 Å². The molecule has 0 atom stereocenters. The molecule has 2 N–H and O–H groups in total. The van der Waals surface area contributed by atoms with Crippen LogP contribution in [0.15, 0.2) is 54.6 Å². The van der Waals surface area contributed by atoms with Gasteiger partial charge in [-0.2, -0.15) is 5.26 Å². The van der Waals surface area contributed by atoms with Crippen LogP contribution in [-0.4, -0.2) is 12.1 Å². The minimum atomic E-state index is 0.174. The molecule has 0 aliphatic rings. The number of hydrogen-bond acceptors (Lipinski definition) is 4. The van der Waals surface area contributed by atoms with E-state index in [4.69, 9.17) is 22.1 Å². The fourth-order valence-electron chi connectivity index (χ4n) is 2.50. The average Bonchev–Trinajstić information content (AvgIpc) is 2.61. The highest BCUT2D eigenvalue weighted by atomic mass is 35.5. The number of pyridine rings is 1. The molecule has 1 heterocycles. The summed E-state index contributed by atoms with van der Waals surface area (Å²) < 4.78 is 5.25. The van der Waals surface area contributed by atoms with Gasteiger partial charge in [-0.3, -0.25) is 0 Å². The summed E-state index contributed by atoms with van der Waals surface area (Å²) in [6.45, 7) is 0. The minimum Gasteiger partial charge on any atom is -0.497 e. The van der Waals surface area contributed by atoms with Gasteiger partial charge in [0, 0.05) is 21.7 Å². The van der Waals surface area contributed by atoms with Crippen molar-refractivity contribution in [2.24, 2.45) is 0 Å². The van der Waals surface area contributed by atoms with Gasteiger partial charge in [-0.1, -0.05) is 41.9 Å². The van der Waals surface area contributed by atoms with Crippen molar-refractivity contribution in [3.63, 3.8) is 0 Å². The van der Waals surface area contributed by atoms with E-state index in [1.165, 1.54) is 0 Å². The third-order valence-corrected chi connectivity index (χ3v) is 4.02. The van der Waals surface area contributed by atoms with Crippen molar-refractivity contribution in [2.45, 2.75) is 0 Å². The zero-order valence-electron chi connectivity index (χ0n) is 13.0. The Morgan fingerprint density at radius 1 is 1.08 bits per heavy atom. The molecule has 0 fully saturated rings. The number of methoxy groups -OCH3 is 1. The maximum Gasteiger partial charge on any atom is 0.142 e. The van der Waals surface area contributed by atoms with Crippen molar-refractivity contribution in [1.29, 1.82) is 5.26 Å². The number of rotatable bonds is 3. The Morgan fingerprint density at radius 3 is 2.58 bits per heavy atom. The summed E-state index contributed by atoms with van der Waals surface area (Å²) in [4.78, 5) is 4.36. The highest BCUT2D eigenvalue weighted by molar-refractivity contribution is 6.33. The molecule has 5 heteroatoms. The van der Waals surface area contributed by atoms with Crippen LogP contribution in [0.3, 0.4) is 0 Å². The smallest absolute Gasteiger partial charge is 0.142 e. The number of aromatic nitrogens is 1. The van der Waals surface area contributed by atoms with E-state index >= 15 is 0 Å². The van der Waals surface area contributed by atoms with Crippen LogP contribution >= 0.6 is 11.6 Å². The molecule has 1 aromatic heterocycles. The summed E-state index contributed by atoms with van der Waals surface area (Å²) >= 11 is 6.30. The number of ether oxygens (including phenoxy) is 1. The second-order valence-corrected chi connectivity index (χ2v) is 5.55. The average molecular weight is 336 g/mol. The van der Waals surface area contributed by atoms with Crippen molar-refractivity contribution in [1.82, 2.24) is 4.98 Å². The van der Waals surface area contributed by atoms with Crippen LogP contribution in [0.5, 0.6) is 5.75 Å². The van der Waals surface area contributed by atoms with E-state index in [1.54, 1.807) is 13.2 Å². The lowest BCUT2D eigenvalue weighted by atomic mass is 9.98. The number of hydrogen-bond donors (Lipinski definition) is 1. The molecule has 0 aliphatic heterocycles. The molecule has 0 saturated heterocycles. The van der Waals surface area contributed by atoms with Crippen LogP contribution in [0.25, 0.3) is 22.4 Å². The fourth-order valence-corrected chi connectivity index (χ4v) is 2.74. The lowest BCUT2D eigenvalue weighted by molar-refractivity contribution is 0.415. The lowest BCUT2D eigenvalue weighted by Gasteiger charge is -2.12. The van der Waals surface area contributed by atoms with E-state index in [-0.39, 0.29) is 5.82 Å². The Labute approximate surface area is 145 Å². The van der Waals surface area contributed by atoms with Crippen molar-refractivity contribution in [3.8, 4) is 34.2 Å². The van der Waals surface area contributed by atoms with Gasteiger partial charge in [0.25, 0.3) is 0 Å². The van der Waals surface area contributed by atoms with Crippen LogP contribution in [0.2, 0.25) is 5.02 Å². The Bertz CT molecular complexity index is 948. The van der Waals surface area contributed by atoms with Gasteiger partial charge < -0.3 is 10.5 Å². The third kappa shape index (κ3) is 2.90. The molecule has 2 aromatic carbocycles. The molecule has 3 aromatic rings. The number of halogens is 1. The van der Waals surface area contributed by atoms with Gasteiger partial charge in [0.1, 0.15) is 23.2 Å². The van der Waals surface area contributed by atoms with Crippen LogP contribution in [0.4, 0.5) is 5.82 Å². The van der Waals surface area contributed by atoms with Gasteiger partial charge in [-0.25, -0.2) is 4.98 Å². The zero-order valence-corrected chi connectivity index (χ0v) is 13.7. The van der Waals surface area contributed by atoms with Gasteiger partial charge in [-0.15, -0.1) is 0 Å². The lowest BCUT2D eigenvalue weighted by Crippen LogP contribution is -2.00. The maximum atomic E-state index is 9.46. The Balaban J connectivity index is 2.24. The molecule has 118 valence electrons. The summed E-state index contributed by atoms with van der Waals surface area (Å²) in [7, 11) is 1.61. The van der Waals surface area contributed by atoms with Crippen molar-refractivity contribution >= 4 is 17.4 Å². The van der Waals surface area contributed by atoms with Gasteiger partial charge in [0.15, 0.2) is 0 Å². The Morgan fingerprint density at radius 2 is 1.88 bits per heavy atom. The second-order valence-electron chi connectivity index (χ2n) is 5.14. The predicted molar refractivity (Wildman–Crippen MR) is 95.8 cm³/mol. The van der Waals surface area contributed by atoms with Gasteiger partial charge in [0.05, 0.1) is 12.8 Å². The summed E-state index contributed by atoms with van der Waals surface area (Å²) in [6.07, 6.45) is 0. The first-order valence-corrected chi connectivity index (χ1v) is 7.61. The normalized spacial score (nSPS) is 10.2. The summed E-state index contributed by atoms with van der Waals surface area (Å²) in [6, 6.07) is 18.8.